The maximum absolute atomic E-state index is 5.72. The van der Waals surface area contributed by atoms with E-state index in [1.54, 1.807) is 0 Å². The third kappa shape index (κ3) is 4.77. The Morgan fingerprint density at radius 3 is 2.59 bits per heavy atom. The maximum Gasteiger partial charge on any atom is 0.159 e. The molecule has 0 aliphatic carbocycles. The Balaban J connectivity index is 2.49. The smallest absolute Gasteiger partial charge is 0.159 e. The van der Waals surface area contributed by atoms with Crippen LogP contribution in [0.4, 0.5) is 5.69 Å². The minimum atomic E-state index is 0.487. The SMILES string of the molecule is C/C=C\C(OCNc1ccccc1)=C(\C)CC. The molecule has 2 heteroatoms. The minimum absolute atomic E-state index is 0.487. The topological polar surface area (TPSA) is 21.3 Å². The molecule has 0 bridgehead atoms. The van der Waals surface area contributed by atoms with E-state index in [2.05, 4.69) is 19.2 Å². The van der Waals surface area contributed by atoms with Gasteiger partial charge >= 0.3 is 0 Å². The molecule has 1 aromatic rings. The van der Waals surface area contributed by atoms with Crippen molar-refractivity contribution in [2.45, 2.75) is 27.2 Å². The predicted molar refractivity (Wildman–Crippen MR) is 73.8 cm³/mol. The fourth-order valence-corrected chi connectivity index (χ4v) is 1.39. The van der Waals surface area contributed by atoms with Gasteiger partial charge in [0.2, 0.25) is 0 Å². The van der Waals surface area contributed by atoms with Gasteiger partial charge in [0.05, 0.1) is 0 Å². The Morgan fingerprint density at radius 1 is 1.29 bits per heavy atom. The van der Waals surface area contributed by atoms with Crippen molar-refractivity contribution in [1.82, 2.24) is 0 Å². The summed E-state index contributed by atoms with van der Waals surface area (Å²) in [6.07, 6.45) is 5.01. The van der Waals surface area contributed by atoms with Crippen molar-refractivity contribution in [2.24, 2.45) is 0 Å². The molecule has 0 radical (unpaired) electrons. The summed E-state index contributed by atoms with van der Waals surface area (Å²) in [6.45, 7) is 6.71. The average molecular weight is 231 g/mol. The van der Waals surface area contributed by atoms with Crippen LogP contribution in [0.15, 0.2) is 53.8 Å². The average Bonchev–Trinajstić information content (AvgIpc) is 2.38. The van der Waals surface area contributed by atoms with E-state index in [0.29, 0.717) is 6.73 Å². The van der Waals surface area contributed by atoms with E-state index < -0.39 is 0 Å². The number of allylic oxidation sites excluding steroid dienone is 3. The minimum Gasteiger partial charge on any atom is -0.473 e. The molecule has 0 aliphatic heterocycles. The molecule has 92 valence electrons. The van der Waals surface area contributed by atoms with E-state index >= 15 is 0 Å². The first-order valence-corrected chi connectivity index (χ1v) is 6.02. The lowest BCUT2D eigenvalue weighted by atomic mass is 10.2. The van der Waals surface area contributed by atoms with Crippen LogP contribution in [0.3, 0.4) is 0 Å². The largest absolute Gasteiger partial charge is 0.473 e. The van der Waals surface area contributed by atoms with Crippen molar-refractivity contribution >= 4 is 5.69 Å². The first kappa shape index (κ1) is 13.4. The van der Waals surface area contributed by atoms with Gasteiger partial charge in [-0.25, -0.2) is 0 Å². The molecular formula is C15H21NO. The molecule has 1 rings (SSSR count). The molecule has 0 spiro atoms. The standard InChI is InChI=1S/C15H21NO/c1-4-9-15(13(3)5-2)17-12-16-14-10-7-6-8-11-14/h4,6-11,16H,5,12H2,1-3H3/b9-4-,15-13+. The highest BCUT2D eigenvalue weighted by Crippen LogP contribution is 2.12. The van der Waals surface area contributed by atoms with Crippen molar-refractivity contribution < 1.29 is 4.74 Å². The highest BCUT2D eigenvalue weighted by Gasteiger charge is 1.98. The number of rotatable bonds is 6. The summed E-state index contributed by atoms with van der Waals surface area (Å²) in [7, 11) is 0. The molecule has 17 heavy (non-hydrogen) atoms. The lowest BCUT2D eigenvalue weighted by Gasteiger charge is -2.12. The second-order valence-electron chi connectivity index (χ2n) is 3.83. The zero-order valence-corrected chi connectivity index (χ0v) is 10.9. The highest BCUT2D eigenvalue weighted by molar-refractivity contribution is 5.42. The lowest BCUT2D eigenvalue weighted by Crippen LogP contribution is -2.06. The molecule has 0 aromatic heterocycles. The van der Waals surface area contributed by atoms with Gasteiger partial charge in [-0.15, -0.1) is 0 Å². The summed E-state index contributed by atoms with van der Waals surface area (Å²) in [6, 6.07) is 10.0. The number of hydrogen-bond acceptors (Lipinski definition) is 2. The number of ether oxygens (including phenoxy) is 1. The Hall–Kier alpha value is -1.70. The summed E-state index contributed by atoms with van der Waals surface area (Å²) < 4.78 is 5.72. The van der Waals surface area contributed by atoms with Crippen LogP contribution >= 0.6 is 0 Å². The fourth-order valence-electron chi connectivity index (χ4n) is 1.39. The fraction of sp³-hybridized carbons (Fsp3) is 0.333. The first-order chi connectivity index (χ1) is 8.27. The third-order valence-corrected chi connectivity index (χ3v) is 2.55. The first-order valence-electron chi connectivity index (χ1n) is 6.02. The summed E-state index contributed by atoms with van der Waals surface area (Å²) in [4.78, 5) is 0. The normalized spacial score (nSPS) is 12.4. The van der Waals surface area contributed by atoms with Gasteiger partial charge in [-0.05, 0) is 44.1 Å². The molecule has 0 amide bonds. The zero-order chi connectivity index (χ0) is 12.5. The molecule has 0 aliphatic rings. The van der Waals surface area contributed by atoms with Gasteiger partial charge in [-0.3, -0.25) is 0 Å². The van der Waals surface area contributed by atoms with Crippen molar-refractivity contribution in [1.29, 1.82) is 0 Å². The summed E-state index contributed by atoms with van der Waals surface area (Å²) >= 11 is 0. The number of anilines is 1. The van der Waals surface area contributed by atoms with Crippen LogP contribution in [-0.4, -0.2) is 6.73 Å². The van der Waals surface area contributed by atoms with Crippen LogP contribution < -0.4 is 5.32 Å². The van der Waals surface area contributed by atoms with Crippen LogP contribution in [-0.2, 0) is 4.74 Å². The number of para-hydroxylation sites is 1. The summed E-state index contributed by atoms with van der Waals surface area (Å²) in [5.41, 5.74) is 2.33. The van der Waals surface area contributed by atoms with Crippen molar-refractivity contribution in [3.63, 3.8) is 0 Å². The Bertz CT molecular complexity index is 379. The number of hydrogen-bond donors (Lipinski definition) is 1. The second-order valence-corrected chi connectivity index (χ2v) is 3.83. The van der Waals surface area contributed by atoms with Crippen LogP contribution in [0, 0.1) is 0 Å². The summed E-state index contributed by atoms with van der Waals surface area (Å²) in [5, 5.41) is 3.22. The monoisotopic (exact) mass is 231 g/mol. The van der Waals surface area contributed by atoms with Crippen molar-refractivity contribution in [2.75, 3.05) is 12.0 Å². The van der Waals surface area contributed by atoms with Crippen molar-refractivity contribution in [3.8, 4) is 0 Å². The third-order valence-electron chi connectivity index (χ3n) is 2.55. The Morgan fingerprint density at radius 2 is 2.00 bits per heavy atom. The van der Waals surface area contributed by atoms with Gasteiger partial charge in [0.15, 0.2) is 6.73 Å². The van der Waals surface area contributed by atoms with Gasteiger partial charge < -0.3 is 10.1 Å². The molecule has 0 saturated heterocycles. The lowest BCUT2D eigenvalue weighted by molar-refractivity contribution is 0.244. The van der Waals surface area contributed by atoms with E-state index in [-0.39, 0.29) is 0 Å². The number of benzene rings is 1. The van der Waals surface area contributed by atoms with E-state index in [1.165, 1.54) is 5.57 Å². The quantitative estimate of drug-likeness (QED) is 0.447. The molecule has 1 N–H and O–H groups in total. The van der Waals surface area contributed by atoms with Crippen LogP contribution in [0.2, 0.25) is 0 Å². The Labute approximate surface area is 104 Å². The highest BCUT2D eigenvalue weighted by atomic mass is 16.5. The molecule has 2 nitrogen and oxygen atoms in total. The molecule has 0 saturated carbocycles. The number of nitrogens with one attached hydrogen (secondary N) is 1. The van der Waals surface area contributed by atoms with Crippen LogP contribution in [0.5, 0.6) is 0 Å². The summed E-state index contributed by atoms with van der Waals surface area (Å²) in [5.74, 6) is 0.957. The van der Waals surface area contributed by atoms with E-state index in [1.807, 2.05) is 49.4 Å². The van der Waals surface area contributed by atoms with Gasteiger partial charge in [-0.2, -0.15) is 0 Å². The van der Waals surface area contributed by atoms with Gasteiger partial charge in [0.1, 0.15) is 5.76 Å². The predicted octanol–water partition coefficient (Wildman–Crippen LogP) is 4.33. The van der Waals surface area contributed by atoms with E-state index in [9.17, 15) is 0 Å². The molecule has 0 fully saturated rings. The molecule has 0 heterocycles. The van der Waals surface area contributed by atoms with Gasteiger partial charge in [0, 0.05) is 5.69 Å². The van der Waals surface area contributed by atoms with Gasteiger partial charge in [0.25, 0.3) is 0 Å². The molecule has 0 unspecified atom stereocenters. The van der Waals surface area contributed by atoms with Crippen molar-refractivity contribution in [3.05, 3.63) is 53.8 Å². The molecule has 1 aromatic carbocycles. The second kappa shape index (κ2) is 7.55. The maximum atomic E-state index is 5.72. The van der Waals surface area contributed by atoms with E-state index in [0.717, 1.165) is 17.9 Å². The Kier molecular flexibility index (Phi) is 5.94. The molecular weight excluding hydrogens is 210 g/mol. The zero-order valence-electron chi connectivity index (χ0n) is 10.9. The van der Waals surface area contributed by atoms with E-state index in [4.69, 9.17) is 4.74 Å². The van der Waals surface area contributed by atoms with Crippen LogP contribution in [0.25, 0.3) is 0 Å². The molecule has 0 atom stereocenters. The van der Waals surface area contributed by atoms with Crippen LogP contribution in [0.1, 0.15) is 27.2 Å². The van der Waals surface area contributed by atoms with Gasteiger partial charge in [-0.1, -0.05) is 31.2 Å².